The Bertz CT molecular complexity index is 621. The zero-order valence-electron chi connectivity index (χ0n) is 23.5. The lowest BCUT2D eigenvalue weighted by atomic mass is 9.79. The number of hydrogen-bond acceptors (Lipinski definition) is 2. The Morgan fingerprint density at radius 3 is 1.66 bits per heavy atom. The van der Waals surface area contributed by atoms with Crippen LogP contribution >= 0.6 is 11.3 Å². The van der Waals surface area contributed by atoms with Crippen LogP contribution in [0, 0.1) is 5.92 Å². The number of hydrogen-bond donors (Lipinski definition) is 0. The predicted octanol–water partition coefficient (Wildman–Crippen LogP) is 11.6. The zero-order valence-corrected chi connectivity index (χ0v) is 24.4. The van der Waals surface area contributed by atoms with Crippen LogP contribution in [0.15, 0.2) is 12.1 Å². The summed E-state index contributed by atoms with van der Waals surface area (Å²) in [5.74, 6) is 2.68. The number of unbranched alkanes of at least 4 members (excludes halogenated alkanes) is 11. The van der Waals surface area contributed by atoms with Crippen molar-refractivity contribution in [2.45, 2.75) is 173 Å². The van der Waals surface area contributed by atoms with Crippen LogP contribution in [-0.2, 0) is 4.74 Å². The molecule has 0 radical (unpaired) electrons. The smallest absolute Gasteiger partial charge is 0.0575 e. The van der Waals surface area contributed by atoms with Crippen molar-refractivity contribution in [3.63, 3.8) is 0 Å². The summed E-state index contributed by atoms with van der Waals surface area (Å²) in [7, 11) is 0. The number of rotatable bonds is 18. The second kappa shape index (κ2) is 18.0. The van der Waals surface area contributed by atoms with Gasteiger partial charge in [0.25, 0.3) is 0 Å². The molecule has 202 valence electrons. The highest BCUT2D eigenvalue weighted by Crippen LogP contribution is 2.43. The highest BCUT2D eigenvalue weighted by molar-refractivity contribution is 7.12. The lowest BCUT2D eigenvalue weighted by Crippen LogP contribution is -2.21. The van der Waals surface area contributed by atoms with Gasteiger partial charge in [-0.3, -0.25) is 0 Å². The van der Waals surface area contributed by atoms with Gasteiger partial charge < -0.3 is 4.74 Å². The van der Waals surface area contributed by atoms with Crippen molar-refractivity contribution in [2.24, 2.45) is 5.92 Å². The Labute approximate surface area is 223 Å². The van der Waals surface area contributed by atoms with Crippen LogP contribution in [0.1, 0.15) is 177 Å². The maximum atomic E-state index is 6.15. The highest BCUT2D eigenvalue weighted by Gasteiger charge is 2.27. The molecule has 0 saturated heterocycles. The molecule has 2 aliphatic carbocycles. The minimum atomic E-state index is 0.536. The van der Waals surface area contributed by atoms with Crippen molar-refractivity contribution in [1.82, 2.24) is 0 Å². The second-order valence-electron chi connectivity index (χ2n) is 12.0. The van der Waals surface area contributed by atoms with Crippen molar-refractivity contribution >= 4 is 11.3 Å². The molecular formula is C33H58OS. The molecule has 0 aliphatic heterocycles. The zero-order chi connectivity index (χ0) is 24.6. The molecule has 1 heterocycles. The van der Waals surface area contributed by atoms with Crippen molar-refractivity contribution in [1.29, 1.82) is 0 Å². The molecule has 0 atom stereocenters. The maximum absolute atomic E-state index is 6.15. The standard InChI is InChI=1S/C33H58OS/c1-3-5-7-8-9-10-11-12-13-14-16-28-17-19-29(20-18-28)32-25-26-33(35-32)30-21-23-31(24-22-30)34-27-15-6-4-2/h25-26,28-31H,3-24,27H2,1-2H3. The predicted molar refractivity (Wildman–Crippen MR) is 156 cm³/mol. The molecule has 1 aromatic heterocycles. The summed E-state index contributed by atoms with van der Waals surface area (Å²) >= 11 is 2.17. The fourth-order valence-electron chi connectivity index (χ4n) is 6.58. The molecule has 2 saturated carbocycles. The summed E-state index contributed by atoms with van der Waals surface area (Å²) in [5.41, 5.74) is 0. The van der Waals surface area contributed by atoms with Gasteiger partial charge >= 0.3 is 0 Å². The number of thiophene rings is 1. The largest absolute Gasteiger partial charge is 0.378 e. The van der Waals surface area contributed by atoms with Gasteiger partial charge in [0, 0.05) is 16.4 Å². The summed E-state index contributed by atoms with van der Waals surface area (Å²) < 4.78 is 6.15. The Hall–Kier alpha value is -0.340. The number of ether oxygens (including phenoxy) is 1. The Morgan fingerprint density at radius 1 is 0.600 bits per heavy atom. The summed E-state index contributed by atoms with van der Waals surface area (Å²) in [6, 6.07) is 4.99. The monoisotopic (exact) mass is 502 g/mol. The van der Waals surface area contributed by atoms with E-state index in [1.165, 1.54) is 141 Å². The normalized spacial score (nSPS) is 25.2. The van der Waals surface area contributed by atoms with E-state index in [4.69, 9.17) is 4.74 Å². The average Bonchev–Trinajstić information content (AvgIpc) is 3.39. The van der Waals surface area contributed by atoms with Gasteiger partial charge in [-0.25, -0.2) is 0 Å². The van der Waals surface area contributed by atoms with Gasteiger partial charge in [0.1, 0.15) is 0 Å². The van der Waals surface area contributed by atoms with E-state index in [-0.39, 0.29) is 0 Å². The van der Waals surface area contributed by atoms with Crippen molar-refractivity contribution in [3.8, 4) is 0 Å². The van der Waals surface area contributed by atoms with E-state index in [2.05, 4.69) is 37.3 Å². The van der Waals surface area contributed by atoms with Gasteiger partial charge in [-0.15, -0.1) is 11.3 Å². The molecule has 0 amide bonds. The Morgan fingerprint density at radius 2 is 1.09 bits per heavy atom. The molecule has 0 unspecified atom stereocenters. The summed E-state index contributed by atoms with van der Waals surface area (Å²) in [6.07, 6.45) is 31.6. The summed E-state index contributed by atoms with van der Waals surface area (Å²) in [4.78, 5) is 3.38. The molecule has 0 N–H and O–H groups in total. The van der Waals surface area contributed by atoms with E-state index in [1.54, 1.807) is 9.75 Å². The third kappa shape index (κ3) is 11.3. The lowest BCUT2D eigenvalue weighted by molar-refractivity contribution is 0.0229. The van der Waals surface area contributed by atoms with Crippen molar-refractivity contribution in [3.05, 3.63) is 21.9 Å². The minimum Gasteiger partial charge on any atom is -0.378 e. The second-order valence-corrected chi connectivity index (χ2v) is 13.1. The third-order valence-corrected chi connectivity index (χ3v) is 10.5. The van der Waals surface area contributed by atoms with E-state index in [9.17, 15) is 0 Å². The van der Waals surface area contributed by atoms with Crippen LogP contribution < -0.4 is 0 Å². The van der Waals surface area contributed by atoms with Gasteiger partial charge in [-0.1, -0.05) is 97.3 Å². The van der Waals surface area contributed by atoms with Gasteiger partial charge in [0.2, 0.25) is 0 Å². The van der Waals surface area contributed by atoms with E-state index < -0.39 is 0 Å². The highest BCUT2D eigenvalue weighted by atomic mass is 32.1. The quantitative estimate of drug-likeness (QED) is 0.181. The molecule has 2 fully saturated rings. The molecule has 3 rings (SSSR count). The molecule has 1 aromatic rings. The van der Waals surface area contributed by atoms with Gasteiger partial charge in [-0.05, 0) is 87.7 Å². The fourth-order valence-corrected chi connectivity index (χ4v) is 7.93. The SMILES string of the molecule is CCCCCCCCCCCCC1CCC(c2ccc(C3CCC(OCCCCC)CC3)s2)CC1. The molecule has 2 heteroatoms. The van der Waals surface area contributed by atoms with Crippen LogP contribution in [0.2, 0.25) is 0 Å². The molecule has 1 nitrogen and oxygen atoms in total. The topological polar surface area (TPSA) is 9.23 Å². The van der Waals surface area contributed by atoms with E-state index in [1.807, 2.05) is 0 Å². The van der Waals surface area contributed by atoms with Gasteiger partial charge in [-0.2, -0.15) is 0 Å². The van der Waals surface area contributed by atoms with E-state index in [0.717, 1.165) is 24.4 Å². The average molecular weight is 503 g/mol. The van der Waals surface area contributed by atoms with Crippen LogP contribution in [0.5, 0.6) is 0 Å². The van der Waals surface area contributed by atoms with Gasteiger partial charge in [0.05, 0.1) is 6.10 Å². The first-order chi connectivity index (χ1) is 17.3. The first kappa shape index (κ1) is 29.2. The molecular weight excluding hydrogens is 444 g/mol. The van der Waals surface area contributed by atoms with Crippen LogP contribution in [0.25, 0.3) is 0 Å². The lowest BCUT2D eigenvalue weighted by Gasteiger charge is -2.29. The minimum absolute atomic E-state index is 0.536. The molecule has 2 aliphatic rings. The van der Waals surface area contributed by atoms with Crippen LogP contribution in [-0.4, -0.2) is 12.7 Å². The first-order valence-corrected chi connectivity index (χ1v) is 16.8. The van der Waals surface area contributed by atoms with E-state index >= 15 is 0 Å². The fraction of sp³-hybridized carbons (Fsp3) is 0.879. The summed E-state index contributed by atoms with van der Waals surface area (Å²) in [6.45, 7) is 5.56. The Balaban J connectivity index is 1.23. The maximum Gasteiger partial charge on any atom is 0.0575 e. The third-order valence-electron chi connectivity index (χ3n) is 9.04. The van der Waals surface area contributed by atoms with Crippen molar-refractivity contribution in [2.75, 3.05) is 6.61 Å². The van der Waals surface area contributed by atoms with Crippen LogP contribution in [0.3, 0.4) is 0 Å². The first-order valence-electron chi connectivity index (χ1n) is 16.0. The molecule has 0 bridgehead atoms. The van der Waals surface area contributed by atoms with Crippen LogP contribution in [0.4, 0.5) is 0 Å². The molecule has 0 spiro atoms. The summed E-state index contributed by atoms with van der Waals surface area (Å²) in [5, 5.41) is 0. The van der Waals surface area contributed by atoms with Crippen molar-refractivity contribution < 1.29 is 4.74 Å². The molecule has 35 heavy (non-hydrogen) atoms. The van der Waals surface area contributed by atoms with E-state index in [0.29, 0.717) is 6.10 Å². The Kier molecular flexibility index (Phi) is 15.0. The van der Waals surface area contributed by atoms with Gasteiger partial charge in [0.15, 0.2) is 0 Å². The molecule has 0 aromatic carbocycles.